The van der Waals surface area contributed by atoms with Crippen LogP contribution in [0.25, 0.3) is 6.08 Å². The van der Waals surface area contributed by atoms with Gasteiger partial charge in [0.05, 0.1) is 18.4 Å². The minimum atomic E-state index is -4.68. The molecule has 3 aromatic rings. The molecule has 1 heterocycles. The summed E-state index contributed by atoms with van der Waals surface area (Å²) < 4.78 is 50.0. The van der Waals surface area contributed by atoms with E-state index in [9.17, 15) is 28.0 Å². The van der Waals surface area contributed by atoms with E-state index in [-0.39, 0.29) is 11.5 Å². The fourth-order valence-electron chi connectivity index (χ4n) is 2.75. The number of amides is 1. The summed E-state index contributed by atoms with van der Waals surface area (Å²) in [5, 5.41) is 13.2. The molecule has 0 spiro atoms. The molecule has 10 heteroatoms. The van der Waals surface area contributed by atoms with Gasteiger partial charge in [0.25, 0.3) is 5.91 Å². The number of ether oxygens (including phenoxy) is 2. The molecule has 1 aromatic heterocycles. The number of anilines is 1. The molecule has 0 atom stereocenters. The largest absolute Gasteiger partial charge is 0.493 e. The fraction of sp³-hybridized carbons (Fsp3) is 0.0870. The maximum atomic E-state index is 13.2. The number of nitriles is 1. The molecule has 3 rings (SSSR count). The van der Waals surface area contributed by atoms with Crippen LogP contribution in [0.5, 0.6) is 11.5 Å². The average molecular weight is 472 g/mol. The number of alkyl halides is 3. The summed E-state index contributed by atoms with van der Waals surface area (Å²) in [5.74, 6) is -1.31. The lowest BCUT2D eigenvalue weighted by Crippen LogP contribution is -2.17. The van der Waals surface area contributed by atoms with Gasteiger partial charge in [-0.1, -0.05) is 24.3 Å². The lowest BCUT2D eigenvalue weighted by atomic mass is 10.1. The second-order valence-electron chi connectivity index (χ2n) is 6.44. The predicted octanol–water partition coefficient (Wildman–Crippen LogP) is 5.54. The van der Waals surface area contributed by atoms with Crippen molar-refractivity contribution in [3.05, 3.63) is 81.6 Å². The van der Waals surface area contributed by atoms with E-state index in [0.717, 1.165) is 12.1 Å². The maximum absolute atomic E-state index is 13.2. The number of carbonyl (C=O) groups is 2. The number of methoxy groups -OCH3 is 1. The number of thiophene rings is 1. The van der Waals surface area contributed by atoms with E-state index in [4.69, 9.17) is 9.47 Å². The Morgan fingerprint density at radius 3 is 2.48 bits per heavy atom. The molecule has 0 aliphatic heterocycles. The molecule has 6 nitrogen and oxygen atoms in total. The summed E-state index contributed by atoms with van der Waals surface area (Å²) in [4.78, 5) is 25.0. The number of esters is 1. The molecular formula is C23H15F3N2O4S. The van der Waals surface area contributed by atoms with Crippen LogP contribution in [-0.4, -0.2) is 19.0 Å². The molecule has 0 aliphatic rings. The number of hydrogen-bond donors (Lipinski definition) is 1. The Hall–Kier alpha value is -4.10. The third kappa shape index (κ3) is 5.78. The summed E-state index contributed by atoms with van der Waals surface area (Å²) in [7, 11) is 1.34. The first kappa shape index (κ1) is 23.6. The first-order chi connectivity index (χ1) is 15.7. The van der Waals surface area contributed by atoms with E-state index in [1.165, 1.54) is 54.9 Å². The first-order valence-electron chi connectivity index (χ1n) is 9.26. The highest BCUT2D eigenvalue weighted by molar-refractivity contribution is 7.12. The van der Waals surface area contributed by atoms with E-state index < -0.39 is 34.9 Å². The number of nitrogens with zero attached hydrogens (tertiary/aromatic N) is 1. The lowest BCUT2D eigenvalue weighted by Gasteiger charge is -2.13. The lowest BCUT2D eigenvalue weighted by molar-refractivity contribution is -0.137. The van der Waals surface area contributed by atoms with E-state index in [1.807, 2.05) is 0 Å². The molecule has 0 radical (unpaired) electrons. The van der Waals surface area contributed by atoms with Gasteiger partial charge in [0.2, 0.25) is 0 Å². The minimum Gasteiger partial charge on any atom is -0.493 e. The first-order valence-corrected chi connectivity index (χ1v) is 10.1. The summed E-state index contributed by atoms with van der Waals surface area (Å²) in [6.07, 6.45) is -3.50. The fourth-order valence-corrected chi connectivity index (χ4v) is 3.35. The predicted molar refractivity (Wildman–Crippen MR) is 116 cm³/mol. The van der Waals surface area contributed by atoms with Gasteiger partial charge in [-0.25, -0.2) is 4.79 Å². The molecule has 2 aromatic carbocycles. The number of carbonyl (C=O) groups excluding carboxylic acids is 2. The van der Waals surface area contributed by atoms with Gasteiger partial charge in [0.15, 0.2) is 11.5 Å². The molecule has 0 saturated heterocycles. The molecule has 0 saturated carbocycles. The molecule has 0 unspecified atom stereocenters. The average Bonchev–Trinajstić information content (AvgIpc) is 3.33. The highest BCUT2D eigenvalue weighted by Crippen LogP contribution is 2.35. The minimum absolute atomic E-state index is 0.120. The van der Waals surface area contributed by atoms with Crippen LogP contribution in [-0.2, 0) is 11.0 Å². The summed E-state index contributed by atoms with van der Waals surface area (Å²) in [6.45, 7) is 0. The van der Waals surface area contributed by atoms with Gasteiger partial charge in [0.1, 0.15) is 16.5 Å². The third-order valence-corrected chi connectivity index (χ3v) is 5.12. The Bertz CT molecular complexity index is 1250. The molecule has 0 bridgehead atoms. The number of halogens is 3. The normalized spacial score (nSPS) is 11.4. The highest BCUT2D eigenvalue weighted by Gasteiger charge is 2.33. The van der Waals surface area contributed by atoms with Crippen LogP contribution in [0.3, 0.4) is 0 Å². The van der Waals surface area contributed by atoms with Gasteiger partial charge in [-0.2, -0.15) is 18.4 Å². The Kier molecular flexibility index (Phi) is 7.15. The van der Waals surface area contributed by atoms with Crippen molar-refractivity contribution in [3.8, 4) is 17.6 Å². The number of benzene rings is 2. The van der Waals surface area contributed by atoms with Crippen LogP contribution in [0.2, 0.25) is 0 Å². The quantitative estimate of drug-likeness (QED) is 0.220. The van der Waals surface area contributed by atoms with Gasteiger partial charge in [-0.05, 0) is 47.4 Å². The number of para-hydroxylation sites is 1. The van der Waals surface area contributed by atoms with Crippen molar-refractivity contribution in [2.45, 2.75) is 6.18 Å². The monoisotopic (exact) mass is 472 g/mol. The van der Waals surface area contributed by atoms with Crippen LogP contribution in [0.15, 0.2) is 65.6 Å². The summed E-state index contributed by atoms with van der Waals surface area (Å²) >= 11 is 1.21. The van der Waals surface area contributed by atoms with Crippen LogP contribution >= 0.6 is 11.3 Å². The molecule has 1 N–H and O–H groups in total. The van der Waals surface area contributed by atoms with Crippen molar-refractivity contribution < 1.29 is 32.2 Å². The molecule has 33 heavy (non-hydrogen) atoms. The van der Waals surface area contributed by atoms with Gasteiger partial charge in [0, 0.05) is 0 Å². The Morgan fingerprint density at radius 1 is 1.09 bits per heavy atom. The van der Waals surface area contributed by atoms with Crippen molar-refractivity contribution >= 4 is 35.0 Å². The van der Waals surface area contributed by atoms with E-state index in [0.29, 0.717) is 10.4 Å². The highest BCUT2D eigenvalue weighted by atomic mass is 32.1. The van der Waals surface area contributed by atoms with Crippen molar-refractivity contribution in [1.82, 2.24) is 0 Å². The molecule has 1 amide bonds. The van der Waals surface area contributed by atoms with Crippen molar-refractivity contribution in [2.24, 2.45) is 0 Å². The number of rotatable bonds is 6. The van der Waals surface area contributed by atoms with Crippen LogP contribution < -0.4 is 14.8 Å². The van der Waals surface area contributed by atoms with Crippen molar-refractivity contribution in [1.29, 1.82) is 5.26 Å². The van der Waals surface area contributed by atoms with Gasteiger partial charge in [-0.3, -0.25) is 4.79 Å². The Labute approximate surface area is 190 Å². The Morgan fingerprint density at radius 2 is 1.85 bits per heavy atom. The van der Waals surface area contributed by atoms with Gasteiger partial charge >= 0.3 is 12.1 Å². The number of hydrogen-bond acceptors (Lipinski definition) is 6. The van der Waals surface area contributed by atoms with Crippen LogP contribution in [0, 0.1) is 11.3 Å². The van der Waals surface area contributed by atoms with Crippen LogP contribution in [0.1, 0.15) is 20.8 Å². The van der Waals surface area contributed by atoms with Crippen molar-refractivity contribution in [3.63, 3.8) is 0 Å². The van der Waals surface area contributed by atoms with Gasteiger partial charge < -0.3 is 14.8 Å². The van der Waals surface area contributed by atoms with E-state index >= 15 is 0 Å². The summed E-state index contributed by atoms with van der Waals surface area (Å²) in [6, 6.07) is 13.7. The number of nitrogens with one attached hydrogen (secondary N) is 1. The van der Waals surface area contributed by atoms with E-state index in [1.54, 1.807) is 23.6 Å². The zero-order valence-electron chi connectivity index (χ0n) is 17.0. The standard InChI is InChI=1S/C23H15F3N2O4S/c1-31-19-12-14(8-9-18(19)32-22(30)20-7-4-10-33-20)11-15(13-27)21(29)28-17-6-3-2-5-16(17)23(24,25)26/h2-12H,1H3,(H,28,29). The molecular weight excluding hydrogens is 457 g/mol. The molecule has 0 fully saturated rings. The zero-order valence-corrected chi connectivity index (χ0v) is 17.8. The second-order valence-corrected chi connectivity index (χ2v) is 7.39. The second kappa shape index (κ2) is 10.0. The molecule has 168 valence electrons. The zero-order chi connectivity index (χ0) is 24.0. The summed E-state index contributed by atoms with van der Waals surface area (Å²) in [5.41, 5.74) is -1.60. The van der Waals surface area contributed by atoms with Gasteiger partial charge in [-0.15, -0.1) is 11.3 Å². The smallest absolute Gasteiger partial charge is 0.418 e. The molecule has 0 aliphatic carbocycles. The van der Waals surface area contributed by atoms with Crippen molar-refractivity contribution in [2.75, 3.05) is 12.4 Å². The Balaban J connectivity index is 1.83. The topological polar surface area (TPSA) is 88.4 Å². The van der Waals surface area contributed by atoms with Crippen LogP contribution in [0.4, 0.5) is 18.9 Å². The SMILES string of the molecule is COc1cc(C=C(C#N)C(=O)Nc2ccccc2C(F)(F)F)ccc1OC(=O)c1cccs1. The maximum Gasteiger partial charge on any atom is 0.418 e. The third-order valence-electron chi connectivity index (χ3n) is 4.27. The van der Waals surface area contributed by atoms with E-state index in [2.05, 4.69) is 5.32 Å².